The number of benzene rings is 1. The molecule has 0 saturated heterocycles. The van der Waals surface area contributed by atoms with Crippen LogP contribution in [0.2, 0.25) is 0 Å². The molecule has 2 rings (SSSR count). The third-order valence-electron chi connectivity index (χ3n) is 3.85. The third kappa shape index (κ3) is 6.40. The summed E-state index contributed by atoms with van der Waals surface area (Å²) < 4.78 is 6.80. The van der Waals surface area contributed by atoms with Crippen LogP contribution in [0.5, 0.6) is 0 Å². The molecule has 0 unspecified atom stereocenters. The minimum absolute atomic E-state index is 0.124. The van der Waals surface area contributed by atoms with Crippen LogP contribution in [0.4, 0.5) is 5.69 Å². The topological polar surface area (TPSA) is 97.8 Å². The summed E-state index contributed by atoms with van der Waals surface area (Å²) >= 11 is 0. The molecule has 1 N–H and O–H groups in total. The van der Waals surface area contributed by atoms with Gasteiger partial charge >= 0.3 is 0 Å². The summed E-state index contributed by atoms with van der Waals surface area (Å²) in [5.74, 6) is 0. The second-order valence-corrected chi connectivity index (χ2v) is 6.09. The smallest absolute Gasteiger partial charge is 0.285 e. The lowest BCUT2D eigenvalue weighted by Crippen LogP contribution is -2.35. The zero-order valence-electron chi connectivity index (χ0n) is 14.7. The largest absolute Gasteiger partial charge is 0.389 e. The Kier molecular flexibility index (Phi) is 7.46. The molecule has 8 nitrogen and oxygen atoms in total. The van der Waals surface area contributed by atoms with Crippen molar-refractivity contribution in [3.05, 3.63) is 74.7 Å². The summed E-state index contributed by atoms with van der Waals surface area (Å²) in [6.45, 7) is 1.78. The van der Waals surface area contributed by atoms with Crippen LogP contribution in [0.25, 0.3) is 0 Å². The third-order valence-corrected chi connectivity index (χ3v) is 3.85. The van der Waals surface area contributed by atoms with E-state index in [1.54, 1.807) is 0 Å². The van der Waals surface area contributed by atoms with E-state index in [-0.39, 0.29) is 17.9 Å². The average Bonchev–Trinajstić information content (AvgIpc) is 2.61. The maximum atomic E-state index is 11.8. The van der Waals surface area contributed by atoms with Gasteiger partial charge in [-0.1, -0.05) is 30.3 Å². The maximum Gasteiger partial charge on any atom is 0.285 e. The first kappa shape index (κ1) is 19.8. The van der Waals surface area contributed by atoms with Crippen molar-refractivity contribution in [3.8, 4) is 0 Å². The van der Waals surface area contributed by atoms with Gasteiger partial charge in [0.1, 0.15) is 0 Å². The highest BCUT2D eigenvalue weighted by molar-refractivity contribution is 5.24. The molecule has 1 atom stereocenters. The number of likely N-dealkylation sites (N-methyl/N-ethyl adjacent to an activating group) is 1. The number of ether oxygens (including phenoxy) is 1. The Morgan fingerprint density at radius 1 is 1.27 bits per heavy atom. The Balaban J connectivity index is 1.74. The molecule has 0 fully saturated rings. The number of hydrogen-bond acceptors (Lipinski definition) is 6. The van der Waals surface area contributed by atoms with Crippen LogP contribution in [0.15, 0.2) is 53.5 Å². The number of pyridine rings is 1. The van der Waals surface area contributed by atoms with Gasteiger partial charge in [0.15, 0.2) is 0 Å². The predicted molar refractivity (Wildman–Crippen MR) is 97.0 cm³/mol. The molecule has 0 bridgehead atoms. The first-order valence-electron chi connectivity index (χ1n) is 8.29. The van der Waals surface area contributed by atoms with Crippen LogP contribution in [0, 0.1) is 10.1 Å². The van der Waals surface area contributed by atoms with Crippen molar-refractivity contribution in [2.75, 3.05) is 26.7 Å². The molecule has 0 aliphatic heterocycles. The fraction of sp³-hybridized carbons (Fsp3) is 0.389. The molecule has 1 heterocycles. The highest BCUT2D eigenvalue weighted by atomic mass is 16.6. The van der Waals surface area contributed by atoms with E-state index in [2.05, 4.69) is 0 Å². The first-order chi connectivity index (χ1) is 12.5. The standard InChI is InChI=1S/C18H23N3O5/c1-19(9-10-20-11-16(21(24)25)7-8-18(20)23)12-17(22)14-26-13-15-5-3-2-4-6-15/h2-8,11,17,22H,9-10,12-14H2,1H3/t17-/m0/s1. The molecule has 140 valence electrons. The quantitative estimate of drug-likeness (QED) is 0.505. The fourth-order valence-electron chi connectivity index (χ4n) is 2.47. The summed E-state index contributed by atoms with van der Waals surface area (Å²) in [4.78, 5) is 23.9. The van der Waals surface area contributed by atoms with Gasteiger partial charge in [0.25, 0.3) is 11.2 Å². The van der Waals surface area contributed by atoms with Gasteiger partial charge in [-0.25, -0.2) is 0 Å². The van der Waals surface area contributed by atoms with Crippen molar-refractivity contribution in [2.45, 2.75) is 19.3 Å². The van der Waals surface area contributed by atoms with E-state index in [0.717, 1.165) is 5.56 Å². The number of nitro groups is 1. The monoisotopic (exact) mass is 361 g/mol. The average molecular weight is 361 g/mol. The van der Waals surface area contributed by atoms with Gasteiger partial charge in [-0.3, -0.25) is 14.9 Å². The molecule has 0 aliphatic rings. The zero-order valence-corrected chi connectivity index (χ0v) is 14.7. The van der Waals surface area contributed by atoms with Crippen molar-refractivity contribution in [1.29, 1.82) is 0 Å². The van der Waals surface area contributed by atoms with Gasteiger partial charge in [0.05, 0.1) is 30.4 Å². The van der Waals surface area contributed by atoms with E-state index in [4.69, 9.17) is 4.74 Å². The lowest BCUT2D eigenvalue weighted by Gasteiger charge is -2.21. The number of nitrogens with zero attached hydrogens (tertiary/aromatic N) is 3. The minimum atomic E-state index is -0.662. The molecule has 0 spiro atoms. The van der Waals surface area contributed by atoms with Crippen LogP contribution in [0.3, 0.4) is 0 Å². The summed E-state index contributed by atoms with van der Waals surface area (Å²) in [7, 11) is 1.81. The van der Waals surface area contributed by atoms with Crippen LogP contribution in [0.1, 0.15) is 5.56 Å². The molecule has 2 aromatic rings. The molecule has 8 heteroatoms. The predicted octanol–water partition coefficient (Wildman–Crippen LogP) is 1.27. The van der Waals surface area contributed by atoms with Crippen molar-refractivity contribution in [2.24, 2.45) is 0 Å². The molecule has 26 heavy (non-hydrogen) atoms. The van der Waals surface area contributed by atoms with Crippen LogP contribution < -0.4 is 5.56 Å². The molecule has 0 radical (unpaired) electrons. The Morgan fingerprint density at radius 3 is 2.69 bits per heavy atom. The van der Waals surface area contributed by atoms with Crippen molar-refractivity contribution in [3.63, 3.8) is 0 Å². The van der Waals surface area contributed by atoms with Gasteiger partial charge in [-0.05, 0) is 12.6 Å². The van der Waals surface area contributed by atoms with Crippen molar-refractivity contribution in [1.82, 2.24) is 9.47 Å². The van der Waals surface area contributed by atoms with Gasteiger partial charge in [-0.2, -0.15) is 0 Å². The Labute approximate surface area is 151 Å². The lowest BCUT2D eigenvalue weighted by atomic mass is 10.2. The molecule has 0 saturated carbocycles. The van der Waals surface area contributed by atoms with E-state index >= 15 is 0 Å². The second kappa shape index (κ2) is 9.81. The van der Waals surface area contributed by atoms with Gasteiger partial charge in [0, 0.05) is 31.8 Å². The van der Waals surface area contributed by atoms with Crippen molar-refractivity contribution < 1.29 is 14.8 Å². The molecular formula is C18H23N3O5. The van der Waals surface area contributed by atoms with E-state index in [9.17, 15) is 20.0 Å². The molecular weight excluding hydrogens is 338 g/mol. The maximum absolute atomic E-state index is 11.8. The van der Waals surface area contributed by atoms with E-state index in [1.807, 2.05) is 42.3 Å². The molecule has 1 aromatic carbocycles. The van der Waals surface area contributed by atoms with Crippen LogP contribution in [-0.4, -0.2) is 52.3 Å². The zero-order chi connectivity index (χ0) is 18.9. The van der Waals surface area contributed by atoms with Gasteiger partial charge in [0.2, 0.25) is 0 Å². The Hall–Kier alpha value is -2.55. The Bertz CT molecular complexity index is 763. The summed E-state index contributed by atoms with van der Waals surface area (Å²) in [5.41, 5.74) is 0.621. The van der Waals surface area contributed by atoms with Gasteiger partial charge < -0.3 is 19.3 Å². The number of rotatable bonds is 10. The van der Waals surface area contributed by atoms with E-state index in [1.165, 1.54) is 22.9 Å². The molecule has 0 aliphatic carbocycles. The summed E-state index contributed by atoms with van der Waals surface area (Å²) in [6.07, 6.45) is 0.570. The molecule has 0 amide bonds. The highest BCUT2D eigenvalue weighted by Gasteiger charge is 2.11. The van der Waals surface area contributed by atoms with Crippen molar-refractivity contribution >= 4 is 5.69 Å². The SMILES string of the molecule is CN(CCn1cc([N+](=O)[O-])ccc1=O)C[C@H](O)COCc1ccccc1. The van der Waals surface area contributed by atoms with Gasteiger partial charge in [-0.15, -0.1) is 0 Å². The highest BCUT2D eigenvalue weighted by Crippen LogP contribution is 2.06. The Morgan fingerprint density at radius 2 is 2.00 bits per heavy atom. The van der Waals surface area contributed by atoms with E-state index < -0.39 is 11.0 Å². The first-order valence-corrected chi connectivity index (χ1v) is 8.29. The molecule has 1 aromatic heterocycles. The van der Waals surface area contributed by atoms with Crippen LogP contribution in [-0.2, 0) is 17.9 Å². The fourth-order valence-corrected chi connectivity index (χ4v) is 2.47. The number of aromatic nitrogens is 1. The van der Waals surface area contributed by atoms with Crippen LogP contribution >= 0.6 is 0 Å². The minimum Gasteiger partial charge on any atom is -0.389 e. The van der Waals surface area contributed by atoms with E-state index in [0.29, 0.717) is 26.2 Å². The summed E-state index contributed by atoms with van der Waals surface area (Å²) in [5, 5.41) is 20.8. The second-order valence-electron chi connectivity index (χ2n) is 6.09. The number of aliphatic hydroxyl groups excluding tert-OH is 1. The summed E-state index contributed by atoms with van der Waals surface area (Å²) in [6, 6.07) is 12.1. The normalized spacial score (nSPS) is 12.3. The number of aliphatic hydroxyl groups is 1. The number of hydrogen-bond donors (Lipinski definition) is 1. The lowest BCUT2D eigenvalue weighted by molar-refractivity contribution is -0.385.